The molecule has 0 aliphatic carbocycles. The molecule has 2 aromatic carbocycles. The Morgan fingerprint density at radius 2 is 2.08 bits per heavy atom. The number of halogens is 2. The lowest BCUT2D eigenvalue weighted by atomic mass is 10.2. The van der Waals surface area contributed by atoms with E-state index in [-0.39, 0.29) is 12.6 Å². The molecule has 0 unspecified atom stereocenters. The molecule has 25 heavy (non-hydrogen) atoms. The zero-order chi connectivity index (χ0) is 17.8. The van der Waals surface area contributed by atoms with Crippen molar-refractivity contribution in [3.05, 3.63) is 75.5 Å². The van der Waals surface area contributed by atoms with Gasteiger partial charge in [-0.1, -0.05) is 29.8 Å². The SMILES string of the molecule is Cc1ccccc1NC(=O)c1ccn(COc2ccc(Cl)cc2Br)n1. The number of rotatable bonds is 5. The predicted octanol–water partition coefficient (Wildman–Crippen LogP) is 4.90. The van der Waals surface area contributed by atoms with Crippen molar-refractivity contribution in [1.29, 1.82) is 0 Å². The van der Waals surface area contributed by atoms with Crippen LogP contribution in [-0.2, 0) is 6.73 Å². The zero-order valence-corrected chi connectivity index (χ0v) is 15.7. The van der Waals surface area contributed by atoms with E-state index in [0.717, 1.165) is 15.7 Å². The Hall–Kier alpha value is -2.31. The standard InChI is InChI=1S/C18H15BrClN3O2/c1-12-4-2-3-5-15(12)21-18(24)16-8-9-23(22-16)11-25-17-7-6-13(20)10-14(17)19/h2-10H,11H2,1H3,(H,21,24). The summed E-state index contributed by atoms with van der Waals surface area (Å²) < 4.78 is 7.98. The van der Waals surface area contributed by atoms with E-state index in [1.165, 1.54) is 0 Å². The first kappa shape index (κ1) is 17.5. The van der Waals surface area contributed by atoms with Gasteiger partial charge in [0.25, 0.3) is 5.91 Å². The molecule has 3 rings (SSSR count). The lowest BCUT2D eigenvalue weighted by Gasteiger charge is -2.08. The fourth-order valence-electron chi connectivity index (χ4n) is 2.18. The van der Waals surface area contributed by atoms with Crippen LogP contribution in [-0.4, -0.2) is 15.7 Å². The summed E-state index contributed by atoms with van der Waals surface area (Å²) in [6.07, 6.45) is 1.69. The van der Waals surface area contributed by atoms with Gasteiger partial charge in [-0.3, -0.25) is 4.79 Å². The third kappa shape index (κ3) is 4.41. The number of ether oxygens (including phenoxy) is 1. The molecule has 0 radical (unpaired) electrons. The number of nitrogens with zero attached hydrogens (tertiary/aromatic N) is 2. The van der Waals surface area contributed by atoms with Crippen molar-refractivity contribution in [2.45, 2.75) is 13.7 Å². The van der Waals surface area contributed by atoms with Crippen molar-refractivity contribution in [3.63, 3.8) is 0 Å². The Labute approximate surface area is 158 Å². The minimum atomic E-state index is -0.263. The first-order chi connectivity index (χ1) is 12.0. The molecule has 7 heteroatoms. The van der Waals surface area contributed by atoms with Crippen LogP contribution in [0.5, 0.6) is 5.75 Å². The number of carbonyl (C=O) groups excluding carboxylic acids is 1. The fraction of sp³-hybridized carbons (Fsp3) is 0.111. The van der Waals surface area contributed by atoms with Gasteiger partial charge in [-0.15, -0.1) is 0 Å². The topological polar surface area (TPSA) is 56.2 Å². The van der Waals surface area contributed by atoms with Crippen LogP contribution < -0.4 is 10.1 Å². The molecule has 0 aliphatic heterocycles. The Bertz CT molecular complexity index is 911. The lowest BCUT2D eigenvalue weighted by molar-refractivity contribution is 0.102. The summed E-state index contributed by atoms with van der Waals surface area (Å²) in [4.78, 5) is 12.3. The van der Waals surface area contributed by atoms with Crippen molar-refractivity contribution < 1.29 is 9.53 Å². The van der Waals surface area contributed by atoms with Gasteiger partial charge in [-0.25, -0.2) is 4.68 Å². The van der Waals surface area contributed by atoms with Crippen molar-refractivity contribution in [2.75, 3.05) is 5.32 Å². The molecule has 1 N–H and O–H groups in total. The molecular formula is C18H15BrClN3O2. The van der Waals surface area contributed by atoms with Gasteiger partial charge < -0.3 is 10.1 Å². The van der Waals surface area contributed by atoms with Crippen LogP contribution >= 0.6 is 27.5 Å². The third-order valence-corrected chi connectivity index (χ3v) is 4.37. The molecule has 0 atom stereocenters. The smallest absolute Gasteiger partial charge is 0.276 e. The summed E-state index contributed by atoms with van der Waals surface area (Å²) in [5.41, 5.74) is 2.08. The van der Waals surface area contributed by atoms with Gasteiger partial charge in [-0.2, -0.15) is 5.10 Å². The second-order valence-corrected chi connectivity index (χ2v) is 6.65. The molecule has 0 bridgehead atoms. The lowest BCUT2D eigenvalue weighted by Crippen LogP contribution is -2.14. The zero-order valence-electron chi connectivity index (χ0n) is 13.4. The van der Waals surface area contributed by atoms with Gasteiger partial charge >= 0.3 is 0 Å². The number of nitrogens with one attached hydrogen (secondary N) is 1. The number of amides is 1. The van der Waals surface area contributed by atoms with Crippen molar-refractivity contribution in [2.24, 2.45) is 0 Å². The normalized spacial score (nSPS) is 10.5. The first-order valence-corrected chi connectivity index (χ1v) is 8.68. The second kappa shape index (κ2) is 7.72. The Morgan fingerprint density at radius 1 is 1.28 bits per heavy atom. The fourth-order valence-corrected chi connectivity index (χ4v) is 2.98. The molecular weight excluding hydrogens is 406 g/mol. The van der Waals surface area contributed by atoms with Crippen LogP contribution in [0.4, 0.5) is 5.69 Å². The number of benzene rings is 2. The number of aromatic nitrogens is 2. The summed E-state index contributed by atoms with van der Waals surface area (Å²) in [6.45, 7) is 2.11. The monoisotopic (exact) mass is 419 g/mol. The highest BCUT2D eigenvalue weighted by molar-refractivity contribution is 9.10. The van der Waals surface area contributed by atoms with Gasteiger partial charge in [0.2, 0.25) is 0 Å². The van der Waals surface area contributed by atoms with Crippen LogP contribution in [0.15, 0.2) is 59.2 Å². The van der Waals surface area contributed by atoms with E-state index < -0.39 is 0 Å². The summed E-state index contributed by atoms with van der Waals surface area (Å²) in [5, 5.41) is 7.71. The summed E-state index contributed by atoms with van der Waals surface area (Å²) in [5.74, 6) is 0.381. The number of anilines is 1. The molecule has 1 heterocycles. The molecule has 0 saturated carbocycles. The highest BCUT2D eigenvalue weighted by Crippen LogP contribution is 2.28. The maximum atomic E-state index is 12.3. The largest absolute Gasteiger partial charge is 0.470 e. The Kier molecular flexibility index (Phi) is 5.40. The molecule has 128 valence electrons. The van der Waals surface area contributed by atoms with E-state index in [1.807, 2.05) is 31.2 Å². The van der Waals surface area contributed by atoms with E-state index in [1.54, 1.807) is 35.1 Å². The van der Waals surface area contributed by atoms with E-state index in [9.17, 15) is 4.79 Å². The number of para-hydroxylation sites is 1. The minimum absolute atomic E-state index is 0.178. The first-order valence-electron chi connectivity index (χ1n) is 7.51. The average Bonchev–Trinajstić information content (AvgIpc) is 3.05. The van der Waals surface area contributed by atoms with Crippen LogP contribution in [0, 0.1) is 6.92 Å². The molecule has 5 nitrogen and oxygen atoms in total. The maximum absolute atomic E-state index is 12.3. The molecule has 1 aromatic heterocycles. The molecule has 0 saturated heterocycles. The van der Waals surface area contributed by atoms with Crippen molar-refractivity contribution in [1.82, 2.24) is 9.78 Å². The summed E-state index contributed by atoms with van der Waals surface area (Å²) in [6, 6.07) is 14.5. The van der Waals surface area contributed by atoms with Crippen molar-refractivity contribution in [3.8, 4) is 5.75 Å². The number of carbonyl (C=O) groups is 1. The number of hydrogen-bond acceptors (Lipinski definition) is 3. The second-order valence-electron chi connectivity index (χ2n) is 5.36. The van der Waals surface area contributed by atoms with E-state index in [2.05, 4.69) is 26.3 Å². The highest BCUT2D eigenvalue weighted by Gasteiger charge is 2.11. The van der Waals surface area contributed by atoms with Crippen LogP contribution in [0.2, 0.25) is 5.02 Å². The predicted molar refractivity (Wildman–Crippen MR) is 101 cm³/mol. The number of hydrogen-bond donors (Lipinski definition) is 1. The van der Waals surface area contributed by atoms with Crippen LogP contribution in [0.1, 0.15) is 16.1 Å². The third-order valence-electron chi connectivity index (χ3n) is 3.51. The van der Waals surface area contributed by atoms with Gasteiger partial charge in [0.15, 0.2) is 12.4 Å². The maximum Gasteiger partial charge on any atom is 0.276 e. The molecule has 0 spiro atoms. The number of aryl methyl sites for hydroxylation is 1. The summed E-state index contributed by atoms with van der Waals surface area (Å²) >= 11 is 9.29. The van der Waals surface area contributed by atoms with Gasteiger partial charge in [0.05, 0.1) is 4.47 Å². The summed E-state index contributed by atoms with van der Waals surface area (Å²) in [7, 11) is 0. The van der Waals surface area contributed by atoms with Gasteiger partial charge in [0, 0.05) is 16.9 Å². The molecule has 0 aliphatic rings. The van der Waals surface area contributed by atoms with Gasteiger partial charge in [0.1, 0.15) is 5.75 Å². The van der Waals surface area contributed by atoms with Crippen LogP contribution in [0.25, 0.3) is 0 Å². The van der Waals surface area contributed by atoms with Crippen LogP contribution in [0.3, 0.4) is 0 Å². The minimum Gasteiger partial charge on any atom is -0.470 e. The Balaban J connectivity index is 1.64. The van der Waals surface area contributed by atoms with E-state index >= 15 is 0 Å². The quantitative estimate of drug-likeness (QED) is 0.639. The van der Waals surface area contributed by atoms with Crippen molar-refractivity contribution >= 4 is 39.1 Å². The average molecular weight is 421 g/mol. The molecule has 3 aromatic rings. The van der Waals surface area contributed by atoms with E-state index in [0.29, 0.717) is 16.5 Å². The van der Waals surface area contributed by atoms with Gasteiger partial charge in [-0.05, 0) is 58.7 Å². The van der Waals surface area contributed by atoms with E-state index in [4.69, 9.17) is 16.3 Å². The molecule has 0 fully saturated rings. The molecule has 1 amide bonds. The Morgan fingerprint density at radius 3 is 2.84 bits per heavy atom. The highest BCUT2D eigenvalue weighted by atomic mass is 79.9.